The number of carbonyl (C=O) groups is 1. The molecule has 1 aromatic carbocycles. The van der Waals surface area contributed by atoms with Crippen molar-refractivity contribution >= 4 is 16.9 Å². The Morgan fingerprint density at radius 1 is 0.957 bits per heavy atom. The van der Waals surface area contributed by atoms with Gasteiger partial charge in [-0.2, -0.15) is 0 Å². The molecule has 0 aliphatic carbocycles. The van der Waals surface area contributed by atoms with Crippen LogP contribution < -0.4 is 5.69 Å². The summed E-state index contributed by atoms with van der Waals surface area (Å²) in [6.45, 7) is 9.14. The number of para-hydroxylation sites is 2. The number of amides is 1. The molecule has 2 heterocycles. The van der Waals surface area contributed by atoms with Crippen molar-refractivity contribution in [2.75, 3.05) is 32.7 Å². The van der Waals surface area contributed by atoms with Crippen molar-refractivity contribution in [1.29, 1.82) is 0 Å². The van der Waals surface area contributed by atoms with Crippen molar-refractivity contribution in [2.24, 2.45) is 0 Å². The van der Waals surface area contributed by atoms with E-state index in [1.807, 2.05) is 36.1 Å². The topological polar surface area (TPSA) is 50.5 Å². The van der Waals surface area contributed by atoms with Crippen molar-refractivity contribution in [3.05, 3.63) is 34.7 Å². The van der Waals surface area contributed by atoms with Gasteiger partial charge in [-0.1, -0.05) is 19.1 Å². The van der Waals surface area contributed by atoms with Crippen LogP contribution in [0.4, 0.5) is 0 Å². The van der Waals surface area contributed by atoms with E-state index >= 15 is 0 Å². The van der Waals surface area contributed by atoms with Crippen molar-refractivity contribution in [3.63, 3.8) is 0 Å². The monoisotopic (exact) mass is 316 g/mol. The number of hydrogen-bond acceptors (Lipinski definition) is 3. The minimum absolute atomic E-state index is 0.0295. The van der Waals surface area contributed by atoms with Gasteiger partial charge in [0.25, 0.3) is 0 Å². The maximum absolute atomic E-state index is 12.6. The highest BCUT2D eigenvalue weighted by Gasteiger charge is 2.22. The number of benzene rings is 1. The van der Waals surface area contributed by atoms with Crippen LogP contribution in [0.3, 0.4) is 0 Å². The smallest absolute Gasteiger partial charge is 0.329 e. The van der Waals surface area contributed by atoms with E-state index in [0.717, 1.165) is 43.8 Å². The van der Waals surface area contributed by atoms with Gasteiger partial charge in [0.1, 0.15) is 6.54 Å². The Morgan fingerprint density at radius 2 is 1.57 bits per heavy atom. The zero-order valence-electron chi connectivity index (χ0n) is 13.9. The SMILES string of the molecule is CCN1CCN(C(=O)Cn2c(=O)n(CC)c3ccccc32)CC1. The molecular weight excluding hydrogens is 292 g/mol. The lowest BCUT2D eigenvalue weighted by Crippen LogP contribution is -2.49. The Kier molecular flexibility index (Phi) is 4.52. The minimum Gasteiger partial charge on any atom is -0.339 e. The number of likely N-dealkylation sites (N-methyl/N-ethyl adjacent to an activating group) is 1. The third kappa shape index (κ3) is 2.91. The summed E-state index contributed by atoms with van der Waals surface area (Å²) >= 11 is 0. The van der Waals surface area contributed by atoms with E-state index in [9.17, 15) is 9.59 Å². The summed E-state index contributed by atoms with van der Waals surface area (Å²) < 4.78 is 3.32. The second kappa shape index (κ2) is 6.58. The van der Waals surface area contributed by atoms with Gasteiger partial charge < -0.3 is 9.80 Å². The molecular formula is C17H24N4O2. The number of rotatable bonds is 4. The van der Waals surface area contributed by atoms with Crippen molar-refractivity contribution < 1.29 is 4.79 Å². The fraction of sp³-hybridized carbons (Fsp3) is 0.529. The summed E-state index contributed by atoms with van der Waals surface area (Å²) in [5.74, 6) is 0.0295. The summed E-state index contributed by atoms with van der Waals surface area (Å²) in [6, 6.07) is 7.67. The van der Waals surface area contributed by atoms with E-state index in [1.165, 1.54) is 0 Å². The Balaban J connectivity index is 1.83. The summed E-state index contributed by atoms with van der Waals surface area (Å²) in [5.41, 5.74) is 1.62. The van der Waals surface area contributed by atoms with Gasteiger partial charge in [0.15, 0.2) is 0 Å². The van der Waals surface area contributed by atoms with Crippen molar-refractivity contribution in [2.45, 2.75) is 26.9 Å². The van der Waals surface area contributed by atoms with Crippen molar-refractivity contribution in [1.82, 2.24) is 18.9 Å². The molecule has 1 amide bonds. The van der Waals surface area contributed by atoms with Gasteiger partial charge in [-0.15, -0.1) is 0 Å². The van der Waals surface area contributed by atoms with Gasteiger partial charge in [0.2, 0.25) is 5.91 Å². The van der Waals surface area contributed by atoms with Gasteiger partial charge in [0, 0.05) is 32.7 Å². The first-order valence-corrected chi connectivity index (χ1v) is 8.33. The van der Waals surface area contributed by atoms with Crippen molar-refractivity contribution in [3.8, 4) is 0 Å². The maximum atomic E-state index is 12.6. The lowest BCUT2D eigenvalue weighted by molar-refractivity contribution is -0.133. The zero-order valence-corrected chi connectivity index (χ0v) is 13.9. The molecule has 0 saturated carbocycles. The number of fused-ring (bicyclic) bond motifs is 1. The average molecular weight is 316 g/mol. The lowest BCUT2D eigenvalue weighted by atomic mass is 10.3. The Labute approximate surface area is 135 Å². The van der Waals surface area contributed by atoms with E-state index in [1.54, 1.807) is 9.13 Å². The number of piperazine rings is 1. The Hall–Kier alpha value is -2.08. The third-order valence-corrected chi connectivity index (χ3v) is 4.71. The Bertz CT molecular complexity index is 754. The largest absolute Gasteiger partial charge is 0.339 e. The molecule has 124 valence electrons. The molecule has 1 saturated heterocycles. The molecule has 3 rings (SSSR count). The molecule has 1 aliphatic heterocycles. The number of nitrogens with zero attached hydrogens (tertiary/aromatic N) is 4. The highest BCUT2D eigenvalue weighted by molar-refractivity contribution is 5.81. The van der Waals surface area contributed by atoms with Crippen LogP contribution in [0.1, 0.15) is 13.8 Å². The molecule has 0 radical (unpaired) electrons. The number of imidazole rings is 1. The maximum Gasteiger partial charge on any atom is 0.329 e. The van der Waals surface area contributed by atoms with Gasteiger partial charge in [-0.25, -0.2) is 4.79 Å². The molecule has 0 bridgehead atoms. The van der Waals surface area contributed by atoms with Crippen LogP contribution in [0.15, 0.2) is 29.1 Å². The quantitative estimate of drug-likeness (QED) is 0.845. The minimum atomic E-state index is -0.103. The van der Waals surface area contributed by atoms with Crippen LogP contribution in [0.5, 0.6) is 0 Å². The third-order valence-electron chi connectivity index (χ3n) is 4.71. The molecule has 1 aliphatic rings. The van der Waals surface area contributed by atoms with E-state index < -0.39 is 0 Å². The van der Waals surface area contributed by atoms with Crippen LogP contribution in [0.25, 0.3) is 11.0 Å². The predicted molar refractivity (Wildman–Crippen MR) is 90.6 cm³/mol. The fourth-order valence-electron chi connectivity index (χ4n) is 3.28. The molecule has 0 unspecified atom stereocenters. The van der Waals surface area contributed by atoms with Gasteiger partial charge in [-0.05, 0) is 25.6 Å². The molecule has 6 heteroatoms. The highest BCUT2D eigenvalue weighted by Crippen LogP contribution is 2.13. The molecule has 23 heavy (non-hydrogen) atoms. The molecule has 1 aromatic heterocycles. The first kappa shape index (κ1) is 15.8. The standard InChI is InChI=1S/C17H24N4O2/c1-3-18-9-11-19(12-10-18)16(22)13-21-15-8-6-5-7-14(15)20(4-2)17(21)23/h5-8H,3-4,9-13H2,1-2H3. The fourth-order valence-corrected chi connectivity index (χ4v) is 3.28. The molecule has 0 N–H and O–H groups in total. The van der Waals surface area contributed by atoms with E-state index in [0.29, 0.717) is 6.54 Å². The van der Waals surface area contributed by atoms with Gasteiger partial charge in [0.05, 0.1) is 11.0 Å². The summed E-state index contributed by atoms with van der Waals surface area (Å²) in [6.07, 6.45) is 0. The molecule has 0 atom stereocenters. The van der Waals surface area contributed by atoms with Gasteiger partial charge in [-0.3, -0.25) is 13.9 Å². The second-order valence-corrected chi connectivity index (χ2v) is 5.92. The van der Waals surface area contributed by atoms with Crippen LogP contribution >= 0.6 is 0 Å². The Morgan fingerprint density at radius 3 is 2.13 bits per heavy atom. The van der Waals surface area contributed by atoms with Crippen LogP contribution in [0.2, 0.25) is 0 Å². The molecule has 0 spiro atoms. The highest BCUT2D eigenvalue weighted by atomic mass is 16.2. The average Bonchev–Trinajstić information content (AvgIpc) is 2.86. The normalized spacial score (nSPS) is 16.2. The summed E-state index contributed by atoms with van der Waals surface area (Å²) in [4.78, 5) is 29.4. The van der Waals surface area contributed by atoms with E-state index in [-0.39, 0.29) is 18.1 Å². The number of aromatic nitrogens is 2. The van der Waals surface area contributed by atoms with Crippen LogP contribution in [-0.4, -0.2) is 57.6 Å². The second-order valence-electron chi connectivity index (χ2n) is 5.92. The van der Waals surface area contributed by atoms with Crippen LogP contribution in [-0.2, 0) is 17.9 Å². The molecule has 2 aromatic rings. The van der Waals surface area contributed by atoms with Crippen LogP contribution in [0, 0.1) is 0 Å². The number of aryl methyl sites for hydroxylation is 1. The number of carbonyl (C=O) groups excluding carboxylic acids is 1. The van der Waals surface area contributed by atoms with E-state index in [2.05, 4.69) is 11.8 Å². The number of hydrogen-bond donors (Lipinski definition) is 0. The van der Waals surface area contributed by atoms with Gasteiger partial charge >= 0.3 is 5.69 Å². The lowest BCUT2D eigenvalue weighted by Gasteiger charge is -2.34. The summed E-state index contributed by atoms with van der Waals surface area (Å²) in [7, 11) is 0. The van der Waals surface area contributed by atoms with E-state index in [4.69, 9.17) is 0 Å². The first-order chi connectivity index (χ1) is 11.2. The summed E-state index contributed by atoms with van der Waals surface area (Å²) in [5, 5.41) is 0. The first-order valence-electron chi connectivity index (χ1n) is 8.33. The molecule has 6 nitrogen and oxygen atoms in total. The molecule has 1 fully saturated rings. The zero-order chi connectivity index (χ0) is 16.4. The predicted octanol–water partition coefficient (Wildman–Crippen LogP) is 0.987.